The molecule has 0 spiro atoms. The van der Waals surface area contributed by atoms with Crippen LogP contribution in [-0.2, 0) is 28.6 Å². The van der Waals surface area contributed by atoms with Gasteiger partial charge in [-0.2, -0.15) is 0 Å². The number of hydrogen-bond donors (Lipinski definition) is 0. The van der Waals surface area contributed by atoms with E-state index in [-0.39, 0.29) is 31.1 Å². The number of allylic oxidation sites excluding steroid dienone is 12. The van der Waals surface area contributed by atoms with Crippen molar-refractivity contribution in [3.63, 3.8) is 0 Å². The van der Waals surface area contributed by atoms with Crippen molar-refractivity contribution in [2.75, 3.05) is 13.2 Å². The first-order valence-corrected chi connectivity index (χ1v) is 31.9. The van der Waals surface area contributed by atoms with Gasteiger partial charge in [-0.1, -0.05) is 293 Å². The Morgan fingerprint density at radius 3 is 0.865 bits per heavy atom. The number of rotatable bonds is 58. The van der Waals surface area contributed by atoms with Crippen molar-refractivity contribution in [1.82, 2.24) is 0 Å². The van der Waals surface area contributed by atoms with Gasteiger partial charge in [0.05, 0.1) is 0 Å². The molecule has 0 aromatic heterocycles. The van der Waals surface area contributed by atoms with Crippen LogP contribution in [0.1, 0.15) is 323 Å². The van der Waals surface area contributed by atoms with Crippen LogP contribution in [0.15, 0.2) is 72.9 Å². The van der Waals surface area contributed by atoms with E-state index in [1.165, 1.54) is 173 Å². The molecule has 0 aliphatic rings. The highest BCUT2D eigenvalue weighted by molar-refractivity contribution is 5.71. The summed E-state index contributed by atoms with van der Waals surface area (Å²) in [5.41, 5.74) is 0. The molecule has 0 saturated heterocycles. The molecule has 0 aromatic rings. The second-order valence-electron chi connectivity index (χ2n) is 21.3. The van der Waals surface area contributed by atoms with Crippen LogP contribution in [0.4, 0.5) is 0 Å². The SMILES string of the molecule is CC/C=C\C/C=C\C/C=C\C/C=C\CCCCCCCCCCC(=O)OCC(COC(=O)CCCCCCC/C=C\C/C=C\CCCC)OC(=O)CCCCCCCCCCCCCCCCCCCCCCC. The van der Waals surface area contributed by atoms with Crippen LogP contribution < -0.4 is 0 Å². The average Bonchev–Trinajstić information content (AvgIpc) is 3.40. The topological polar surface area (TPSA) is 78.9 Å². The summed E-state index contributed by atoms with van der Waals surface area (Å²) in [5.74, 6) is -0.886. The summed E-state index contributed by atoms with van der Waals surface area (Å²) in [6.45, 7) is 6.51. The Morgan fingerprint density at radius 1 is 0.284 bits per heavy atom. The molecule has 74 heavy (non-hydrogen) atoms. The van der Waals surface area contributed by atoms with Crippen molar-refractivity contribution >= 4 is 17.9 Å². The smallest absolute Gasteiger partial charge is 0.306 e. The second kappa shape index (κ2) is 62.4. The van der Waals surface area contributed by atoms with Crippen molar-refractivity contribution in [2.45, 2.75) is 329 Å². The fourth-order valence-corrected chi connectivity index (χ4v) is 9.16. The number of hydrogen-bond acceptors (Lipinski definition) is 6. The number of ether oxygens (including phenoxy) is 3. The maximum atomic E-state index is 12.9. The van der Waals surface area contributed by atoms with E-state index in [1.807, 2.05) is 0 Å². The van der Waals surface area contributed by atoms with E-state index in [2.05, 4.69) is 93.7 Å². The van der Waals surface area contributed by atoms with Gasteiger partial charge in [0.25, 0.3) is 0 Å². The van der Waals surface area contributed by atoms with E-state index < -0.39 is 6.10 Å². The van der Waals surface area contributed by atoms with Crippen molar-refractivity contribution in [3.8, 4) is 0 Å². The summed E-state index contributed by atoms with van der Waals surface area (Å²) >= 11 is 0. The first-order valence-electron chi connectivity index (χ1n) is 31.9. The van der Waals surface area contributed by atoms with E-state index in [0.717, 1.165) is 109 Å². The number of unbranched alkanes of at least 4 members (excludes halogenated alkanes) is 35. The minimum absolute atomic E-state index is 0.0817. The molecule has 0 radical (unpaired) electrons. The lowest BCUT2D eigenvalue weighted by Crippen LogP contribution is -2.30. The van der Waals surface area contributed by atoms with E-state index in [9.17, 15) is 14.4 Å². The monoisotopic (exact) mass is 1030 g/mol. The average molecular weight is 1030 g/mol. The Hall–Kier alpha value is -3.15. The Bertz CT molecular complexity index is 1370. The van der Waals surface area contributed by atoms with Crippen LogP contribution in [0.25, 0.3) is 0 Å². The van der Waals surface area contributed by atoms with Gasteiger partial charge in [0, 0.05) is 19.3 Å². The summed E-state index contributed by atoms with van der Waals surface area (Å²) in [5, 5.41) is 0. The molecule has 0 heterocycles. The standard InChI is InChI=1S/C68H120O6/c1-4-7-10-13-16-19-22-25-28-30-32-34-36-38-40-43-46-49-52-55-58-61-67(70)73-64-65(63-72-66(69)60-57-54-51-48-45-42-27-24-21-18-15-12-9-6-3)74-68(71)62-59-56-53-50-47-44-41-39-37-35-33-31-29-26-23-20-17-14-11-8-5-2/h7,10,15-16,18-19,24-25,27-28,32,34,65H,4-6,8-9,11-14,17,20-23,26,29-31,33,35-64H2,1-3H3/b10-7-,18-15-,19-16-,27-24-,28-25-,34-32-. The van der Waals surface area contributed by atoms with Crippen LogP contribution in [-0.4, -0.2) is 37.2 Å². The summed E-state index contributed by atoms with van der Waals surface area (Å²) in [4.78, 5) is 38.3. The second-order valence-corrected chi connectivity index (χ2v) is 21.3. The molecule has 0 amide bonds. The highest BCUT2D eigenvalue weighted by Crippen LogP contribution is 2.17. The van der Waals surface area contributed by atoms with E-state index in [0.29, 0.717) is 19.3 Å². The summed E-state index contributed by atoms with van der Waals surface area (Å²) in [6.07, 6.45) is 80.5. The molecule has 1 atom stereocenters. The highest BCUT2D eigenvalue weighted by Gasteiger charge is 2.19. The van der Waals surface area contributed by atoms with Crippen molar-refractivity contribution < 1.29 is 28.6 Å². The van der Waals surface area contributed by atoms with Crippen molar-refractivity contribution in [2.24, 2.45) is 0 Å². The molecule has 428 valence electrons. The van der Waals surface area contributed by atoms with Crippen molar-refractivity contribution in [3.05, 3.63) is 72.9 Å². The quantitative estimate of drug-likeness (QED) is 0.0261. The van der Waals surface area contributed by atoms with Gasteiger partial charge in [0.15, 0.2) is 6.10 Å². The van der Waals surface area contributed by atoms with Gasteiger partial charge in [-0.25, -0.2) is 0 Å². The first-order chi connectivity index (χ1) is 36.5. The van der Waals surface area contributed by atoms with Crippen LogP contribution in [0.3, 0.4) is 0 Å². The first kappa shape index (κ1) is 70.8. The lowest BCUT2D eigenvalue weighted by Gasteiger charge is -2.18. The molecule has 0 aliphatic carbocycles. The van der Waals surface area contributed by atoms with E-state index in [1.54, 1.807) is 0 Å². The maximum absolute atomic E-state index is 12.9. The molecule has 0 aromatic carbocycles. The Labute approximate surface area is 459 Å². The molecule has 6 heteroatoms. The van der Waals surface area contributed by atoms with Crippen LogP contribution >= 0.6 is 0 Å². The molecule has 0 aliphatic heterocycles. The van der Waals surface area contributed by atoms with E-state index >= 15 is 0 Å². The van der Waals surface area contributed by atoms with Gasteiger partial charge in [-0.05, 0) is 83.5 Å². The third-order valence-corrected chi connectivity index (χ3v) is 13.9. The fraction of sp³-hybridized carbons (Fsp3) is 0.779. The number of carbonyl (C=O) groups is 3. The molecule has 0 fully saturated rings. The van der Waals surface area contributed by atoms with Crippen LogP contribution in [0.2, 0.25) is 0 Å². The third-order valence-electron chi connectivity index (χ3n) is 13.9. The van der Waals surface area contributed by atoms with Gasteiger partial charge in [-0.3, -0.25) is 14.4 Å². The Morgan fingerprint density at radius 2 is 0.541 bits per heavy atom. The normalized spacial score (nSPS) is 12.5. The fourth-order valence-electron chi connectivity index (χ4n) is 9.16. The zero-order chi connectivity index (χ0) is 53.6. The van der Waals surface area contributed by atoms with Crippen LogP contribution in [0.5, 0.6) is 0 Å². The van der Waals surface area contributed by atoms with E-state index in [4.69, 9.17) is 14.2 Å². The molecule has 0 N–H and O–H groups in total. The van der Waals surface area contributed by atoms with Gasteiger partial charge in [-0.15, -0.1) is 0 Å². The van der Waals surface area contributed by atoms with Gasteiger partial charge in [0.2, 0.25) is 0 Å². The van der Waals surface area contributed by atoms with Crippen molar-refractivity contribution in [1.29, 1.82) is 0 Å². The van der Waals surface area contributed by atoms with Gasteiger partial charge >= 0.3 is 17.9 Å². The summed E-state index contributed by atoms with van der Waals surface area (Å²) in [6, 6.07) is 0. The molecule has 1 unspecified atom stereocenters. The highest BCUT2D eigenvalue weighted by atomic mass is 16.6. The molecular weight excluding hydrogens is 913 g/mol. The van der Waals surface area contributed by atoms with Gasteiger partial charge in [0.1, 0.15) is 13.2 Å². The third kappa shape index (κ3) is 59.7. The number of esters is 3. The number of carbonyl (C=O) groups excluding carboxylic acids is 3. The summed E-state index contributed by atoms with van der Waals surface area (Å²) in [7, 11) is 0. The zero-order valence-corrected chi connectivity index (χ0v) is 49.1. The lowest BCUT2D eigenvalue weighted by molar-refractivity contribution is -0.167. The van der Waals surface area contributed by atoms with Crippen LogP contribution in [0, 0.1) is 0 Å². The minimum atomic E-state index is -0.784. The molecular formula is C68H120O6. The Balaban J connectivity index is 4.34. The minimum Gasteiger partial charge on any atom is -0.462 e. The predicted octanol–water partition coefficient (Wildman–Crippen LogP) is 21.7. The lowest BCUT2D eigenvalue weighted by atomic mass is 10.0. The molecule has 0 saturated carbocycles. The predicted molar refractivity (Wildman–Crippen MR) is 321 cm³/mol. The zero-order valence-electron chi connectivity index (χ0n) is 49.1. The molecule has 6 nitrogen and oxygen atoms in total. The van der Waals surface area contributed by atoms with Gasteiger partial charge < -0.3 is 14.2 Å². The Kier molecular flexibility index (Phi) is 59.7. The summed E-state index contributed by atoms with van der Waals surface area (Å²) < 4.78 is 16.9. The molecule has 0 bridgehead atoms. The maximum Gasteiger partial charge on any atom is 0.306 e. The molecule has 0 rings (SSSR count). The largest absolute Gasteiger partial charge is 0.462 e.